The van der Waals surface area contributed by atoms with Gasteiger partial charge in [-0.15, -0.1) is 0 Å². The Morgan fingerprint density at radius 1 is 1.32 bits per heavy atom. The van der Waals surface area contributed by atoms with Crippen LogP contribution in [0.1, 0.15) is 17.0 Å². The fraction of sp³-hybridized carbons (Fsp3) is 0.267. The molecule has 0 unspecified atom stereocenters. The molecule has 0 saturated carbocycles. The molecule has 6 nitrogen and oxygen atoms in total. The number of amides is 2. The minimum atomic E-state index is -0.627. The van der Waals surface area contributed by atoms with Crippen molar-refractivity contribution in [3.63, 3.8) is 0 Å². The van der Waals surface area contributed by atoms with Crippen molar-refractivity contribution < 1.29 is 14.0 Å². The smallest absolute Gasteiger partial charge is 0.287 e. The van der Waals surface area contributed by atoms with E-state index in [-0.39, 0.29) is 11.7 Å². The second-order valence-electron chi connectivity index (χ2n) is 4.51. The van der Waals surface area contributed by atoms with E-state index in [4.69, 9.17) is 4.42 Å². The van der Waals surface area contributed by atoms with Crippen molar-refractivity contribution in [3.8, 4) is 0 Å². The lowest BCUT2D eigenvalue weighted by Gasteiger charge is -2.17. The highest BCUT2D eigenvalue weighted by Crippen LogP contribution is 2.09. The van der Waals surface area contributed by atoms with Gasteiger partial charge in [0.25, 0.3) is 5.91 Å². The standard InChI is InChI=1S/C15H17N3O3S/c1-22-10-6-12(18-15(20)13-3-2-9-21-13)14(19)17-11-4-7-16-8-5-11/h2-5,7-9,12H,6,10H2,1H3,(H,18,20)(H,16,17,19)/t12-/m1/s1. The largest absolute Gasteiger partial charge is 0.459 e. The Hall–Kier alpha value is -2.28. The van der Waals surface area contributed by atoms with Crippen molar-refractivity contribution in [3.05, 3.63) is 48.7 Å². The summed E-state index contributed by atoms with van der Waals surface area (Å²) >= 11 is 1.61. The quantitative estimate of drug-likeness (QED) is 0.817. The zero-order chi connectivity index (χ0) is 15.8. The number of carbonyl (C=O) groups excluding carboxylic acids is 2. The second-order valence-corrected chi connectivity index (χ2v) is 5.50. The molecule has 2 aromatic rings. The summed E-state index contributed by atoms with van der Waals surface area (Å²) in [7, 11) is 0. The van der Waals surface area contributed by atoms with E-state index < -0.39 is 11.9 Å². The van der Waals surface area contributed by atoms with E-state index >= 15 is 0 Å². The third-order valence-electron chi connectivity index (χ3n) is 2.93. The van der Waals surface area contributed by atoms with Crippen LogP contribution in [0.15, 0.2) is 47.3 Å². The predicted octanol–water partition coefficient (Wildman–Crippen LogP) is 2.16. The number of aromatic nitrogens is 1. The first-order valence-electron chi connectivity index (χ1n) is 6.75. The summed E-state index contributed by atoms with van der Waals surface area (Å²) in [6.45, 7) is 0. The van der Waals surface area contributed by atoms with Crippen LogP contribution in [0, 0.1) is 0 Å². The zero-order valence-corrected chi connectivity index (χ0v) is 12.9. The SMILES string of the molecule is CSCC[C@@H](NC(=O)c1ccco1)C(=O)Nc1ccncc1. The van der Waals surface area contributed by atoms with E-state index in [1.807, 2.05) is 6.26 Å². The van der Waals surface area contributed by atoms with Crippen LogP contribution in [0.2, 0.25) is 0 Å². The fourth-order valence-corrected chi connectivity index (χ4v) is 2.28. The number of nitrogens with zero attached hydrogens (tertiary/aromatic N) is 1. The molecule has 2 rings (SSSR count). The molecule has 0 bridgehead atoms. The maximum Gasteiger partial charge on any atom is 0.287 e. The average molecular weight is 319 g/mol. The minimum Gasteiger partial charge on any atom is -0.459 e. The number of rotatable bonds is 7. The molecule has 0 aliphatic rings. The molecule has 0 spiro atoms. The number of thioether (sulfide) groups is 1. The summed E-state index contributed by atoms with van der Waals surface area (Å²) in [6.07, 6.45) is 7.08. The molecule has 2 aromatic heterocycles. The van der Waals surface area contributed by atoms with Crippen molar-refractivity contribution in [2.24, 2.45) is 0 Å². The van der Waals surface area contributed by atoms with Crippen LogP contribution in [-0.2, 0) is 4.79 Å². The number of hydrogen-bond donors (Lipinski definition) is 2. The molecule has 0 saturated heterocycles. The van der Waals surface area contributed by atoms with Crippen molar-refractivity contribution in [2.75, 3.05) is 17.3 Å². The third-order valence-corrected chi connectivity index (χ3v) is 3.57. The Morgan fingerprint density at radius 2 is 2.09 bits per heavy atom. The van der Waals surface area contributed by atoms with E-state index in [2.05, 4.69) is 15.6 Å². The lowest BCUT2D eigenvalue weighted by Crippen LogP contribution is -2.44. The van der Waals surface area contributed by atoms with E-state index in [0.717, 1.165) is 5.75 Å². The molecule has 0 radical (unpaired) electrons. The van der Waals surface area contributed by atoms with E-state index in [1.165, 1.54) is 6.26 Å². The number of nitrogens with one attached hydrogen (secondary N) is 2. The molecule has 116 valence electrons. The number of furan rings is 1. The summed E-state index contributed by atoms with van der Waals surface area (Å²) in [5, 5.41) is 5.47. The Bertz CT molecular complexity index is 602. The van der Waals surface area contributed by atoms with Crippen LogP contribution in [0.4, 0.5) is 5.69 Å². The monoisotopic (exact) mass is 319 g/mol. The van der Waals surface area contributed by atoms with Crippen molar-refractivity contribution in [1.82, 2.24) is 10.3 Å². The molecule has 2 N–H and O–H groups in total. The molecule has 0 fully saturated rings. The molecule has 0 aliphatic carbocycles. The Balaban J connectivity index is 2.01. The summed E-state index contributed by atoms with van der Waals surface area (Å²) in [5.74, 6) is 0.277. The molecular weight excluding hydrogens is 302 g/mol. The third kappa shape index (κ3) is 4.63. The van der Waals surface area contributed by atoms with Crippen LogP contribution in [0.3, 0.4) is 0 Å². The molecule has 7 heteroatoms. The normalized spacial score (nSPS) is 11.7. The lowest BCUT2D eigenvalue weighted by molar-refractivity contribution is -0.118. The molecule has 2 amide bonds. The molecule has 22 heavy (non-hydrogen) atoms. The van der Waals surface area contributed by atoms with Gasteiger partial charge in [0.05, 0.1) is 6.26 Å². The molecular formula is C15H17N3O3S. The van der Waals surface area contributed by atoms with Gasteiger partial charge >= 0.3 is 0 Å². The summed E-state index contributed by atoms with van der Waals surface area (Å²) in [5.41, 5.74) is 0.640. The van der Waals surface area contributed by atoms with Crippen LogP contribution in [-0.4, -0.2) is 34.8 Å². The van der Waals surface area contributed by atoms with Gasteiger partial charge in [0.1, 0.15) is 6.04 Å². The van der Waals surface area contributed by atoms with Gasteiger partial charge in [-0.25, -0.2) is 0 Å². The molecule has 0 aliphatic heterocycles. The predicted molar refractivity (Wildman–Crippen MR) is 85.8 cm³/mol. The Labute approximate surface area is 132 Å². The van der Waals surface area contributed by atoms with Crippen LogP contribution in [0.25, 0.3) is 0 Å². The fourth-order valence-electron chi connectivity index (χ4n) is 1.81. The summed E-state index contributed by atoms with van der Waals surface area (Å²) in [4.78, 5) is 28.3. The van der Waals surface area contributed by atoms with E-state index in [0.29, 0.717) is 12.1 Å². The highest BCUT2D eigenvalue weighted by Gasteiger charge is 2.22. The van der Waals surface area contributed by atoms with Gasteiger partial charge in [-0.05, 0) is 42.7 Å². The Morgan fingerprint density at radius 3 is 2.73 bits per heavy atom. The van der Waals surface area contributed by atoms with Crippen LogP contribution < -0.4 is 10.6 Å². The maximum absolute atomic E-state index is 12.3. The number of hydrogen-bond acceptors (Lipinski definition) is 5. The Kier molecular flexibility index (Phi) is 6.02. The van der Waals surface area contributed by atoms with Crippen LogP contribution in [0.5, 0.6) is 0 Å². The van der Waals surface area contributed by atoms with E-state index in [1.54, 1.807) is 48.4 Å². The highest BCUT2D eigenvalue weighted by atomic mass is 32.2. The van der Waals surface area contributed by atoms with Gasteiger partial charge in [0, 0.05) is 18.1 Å². The number of carbonyl (C=O) groups is 2. The number of pyridine rings is 1. The van der Waals surface area contributed by atoms with Gasteiger partial charge in [-0.3, -0.25) is 14.6 Å². The highest BCUT2D eigenvalue weighted by molar-refractivity contribution is 7.98. The van der Waals surface area contributed by atoms with Crippen molar-refractivity contribution in [1.29, 1.82) is 0 Å². The van der Waals surface area contributed by atoms with Crippen molar-refractivity contribution in [2.45, 2.75) is 12.5 Å². The van der Waals surface area contributed by atoms with Crippen LogP contribution >= 0.6 is 11.8 Å². The van der Waals surface area contributed by atoms with Gasteiger partial charge in [0.2, 0.25) is 5.91 Å². The maximum atomic E-state index is 12.3. The van der Waals surface area contributed by atoms with Crippen molar-refractivity contribution >= 4 is 29.3 Å². The molecule has 1 atom stereocenters. The summed E-state index contributed by atoms with van der Waals surface area (Å²) in [6, 6.07) is 5.94. The zero-order valence-electron chi connectivity index (χ0n) is 12.1. The lowest BCUT2D eigenvalue weighted by atomic mass is 10.2. The van der Waals surface area contributed by atoms with Gasteiger partial charge in [0.15, 0.2) is 5.76 Å². The summed E-state index contributed by atoms with van der Waals surface area (Å²) < 4.78 is 5.04. The van der Waals surface area contributed by atoms with Gasteiger partial charge < -0.3 is 15.1 Å². The first-order chi connectivity index (χ1) is 10.7. The number of anilines is 1. The minimum absolute atomic E-state index is 0.186. The second kappa shape index (κ2) is 8.23. The first kappa shape index (κ1) is 16.1. The molecule has 2 heterocycles. The molecule has 0 aromatic carbocycles. The first-order valence-corrected chi connectivity index (χ1v) is 8.14. The van der Waals surface area contributed by atoms with E-state index in [9.17, 15) is 9.59 Å². The van der Waals surface area contributed by atoms with Gasteiger partial charge in [-0.1, -0.05) is 0 Å². The average Bonchev–Trinajstić information content (AvgIpc) is 3.06. The topological polar surface area (TPSA) is 84.2 Å². The van der Waals surface area contributed by atoms with Gasteiger partial charge in [-0.2, -0.15) is 11.8 Å².